The highest BCUT2D eigenvalue weighted by atomic mass is 16.5. The Kier molecular flexibility index (Phi) is 5.00. The lowest BCUT2D eigenvalue weighted by molar-refractivity contribution is -0.139. The van der Waals surface area contributed by atoms with Crippen LogP contribution < -0.4 is 4.74 Å². The number of nitrogens with zero attached hydrogens (tertiary/aromatic N) is 4. The fourth-order valence-corrected chi connectivity index (χ4v) is 4.00. The van der Waals surface area contributed by atoms with Crippen LogP contribution in [0.25, 0.3) is 5.57 Å². The van der Waals surface area contributed by atoms with Crippen molar-refractivity contribution < 1.29 is 14.6 Å². The summed E-state index contributed by atoms with van der Waals surface area (Å²) in [5.74, 6) is -0.526. The molecule has 5 aliphatic rings. The predicted octanol–water partition coefficient (Wildman–Crippen LogP) is 4.57. The summed E-state index contributed by atoms with van der Waals surface area (Å²) >= 11 is 0. The van der Waals surface area contributed by atoms with Gasteiger partial charge in [-0.25, -0.2) is 24.8 Å². The van der Waals surface area contributed by atoms with Crippen molar-refractivity contribution in [1.82, 2.24) is 0 Å². The maximum Gasteiger partial charge on any atom is 0.341 e. The quantitative estimate of drug-likeness (QED) is 0.716. The fourth-order valence-electron chi connectivity index (χ4n) is 4.00. The van der Waals surface area contributed by atoms with Crippen molar-refractivity contribution in [2.45, 2.75) is 0 Å². The summed E-state index contributed by atoms with van der Waals surface area (Å²) in [6.07, 6.45) is 21.5. The third-order valence-corrected chi connectivity index (χ3v) is 5.57. The summed E-state index contributed by atoms with van der Waals surface area (Å²) in [6, 6.07) is 7.29. The molecule has 35 heavy (non-hydrogen) atoms. The number of hydrogen-bond acceptors (Lipinski definition) is 6. The van der Waals surface area contributed by atoms with Gasteiger partial charge in [-0.15, -0.1) is 0 Å². The molecule has 0 aromatic heterocycles. The fraction of sp³-hybridized carbons (Fsp3) is 0.0357. The van der Waals surface area contributed by atoms with Crippen LogP contribution in [0.5, 0.6) is 5.75 Å². The molecule has 7 nitrogen and oxygen atoms in total. The maximum atomic E-state index is 10.8. The van der Waals surface area contributed by atoms with E-state index in [0.717, 1.165) is 56.8 Å². The average molecular weight is 458 g/mol. The molecule has 5 aliphatic heterocycles. The molecule has 6 rings (SSSR count). The summed E-state index contributed by atoms with van der Waals surface area (Å²) in [7, 11) is 0. The highest BCUT2D eigenvalue weighted by Crippen LogP contribution is 2.30. The molecule has 1 N–H and O–H groups in total. The molecule has 0 radical (unpaired) electrons. The zero-order valence-electron chi connectivity index (χ0n) is 18.4. The van der Waals surface area contributed by atoms with Gasteiger partial charge < -0.3 is 9.84 Å². The number of benzene rings is 1. The third kappa shape index (κ3) is 4.47. The Morgan fingerprint density at radius 2 is 1.20 bits per heavy atom. The molecule has 0 saturated heterocycles. The van der Waals surface area contributed by atoms with Crippen molar-refractivity contribution in [1.29, 1.82) is 0 Å². The minimum Gasteiger partial charge on any atom is -0.482 e. The lowest BCUT2D eigenvalue weighted by Gasteiger charge is -2.07. The van der Waals surface area contributed by atoms with Crippen LogP contribution in [0.4, 0.5) is 0 Å². The molecule has 1 aromatic carbocycles. The second kappa shape index (κ2) is 8.46. The normalized spacial score (nSPS) is 19.3. The lowest BCUT2D eigenvalue weighted by Crippen LogP contribution is -2.09. The Bertz CT molecular complexity index is 1530. The summed E-state index contributed by atoms with van der Waals surface area (Å²) < 4.78 is 5.26. The molecule has 0 aliphatic carbocycles. The number of aliphatic carboxylic acids is 1. The first kappa shape index (κ1) is 20.7. The van der Waals surface area contributed by atoms with E-state index in [1.165, 1.54) is 0 Å². The molecule has 168 valence electrons. The van der Waals surface area contributed by atoms with E-state index in [2.05, 4.69) is 9.98 Å². The Hall–Kier alpha value is -4.91. The molecule has 8 bridgehead atoms. The van der Waals surface area contributed by atoms with Gasteiger partial charge in [-0.1, -0.05) is 12.1 Å². The summed E-state index contributed by atoms with van der Waals surface area (Å²) in [4.78, 5) is 29.6. The third-order valence-electron chi connectivity index (χ3n) is 5.57. The Balaban J connectivity index is 1.40. The van der Waals surface area contributed by atoms with E-state index in [9.17, 15) is 4.79 Å². The zero-order valence-corrected chi connectivity index (χ0v) is 18.4. The first-order valence-corrected chi connectivity index (χ1v) is 11.0. The molecule has 0 atom stereocenters. The number of fused-ring (bicyclic) bond motifs is 4. The highest BCUT2D eigenvalue weighted by molar-refractivity contribution is 6.32. The number of aliphatic imine (C=N–C) groups is 4. The van der Waals surface area contributed by atoms with E-state index in [-0.39, 0.29) is 6.61 Å². The smallest absolute Gasteiger partial charge is 0.341 e. The number of carboxylic acids is 1. The van der Waals surface area contributed by atoms with Crippen molar-refractivity contribution in [2.24, 2.45) is 20.0 Å². The van der Waals surface area contributed by atoms with Crippen LogP contribution in [-0.2, 0) is 4.79 Å². The van der Waals surface area contributed by atoms with Gasteiger partial charge in [-0.05, 0) is 84.5 Å². The number of carbonyl (C=O) groups is 1. The van der Waals surface area contributed by atoms with Gasteiger partial charge in [0.1, 0.15) is 5.75 Å². The molecule has 0 amide bonds. The molecular formula is C28H18N4O3. The van der Waals surface area contributed by atoms with E-state index in [0.29, 0.717) is 5.75 Å². The minimum absolute atomic E-state index is 0.384. The van der Waals surface area contributed by atoms with Gasteiger partial charge in [0.05, 0.1) is 45.6 Å². The largest absolute Gasteiger partial charge is 0.482 e. The van der Waals surface area contributed by atoms with E-state index >= 15 is 0 Å². The number of hydrogen-bond donors (Lipinski definition) is 1. The van der Waals surface area contributed by atoms with Gasteiger partial charge in [0.2, 0.25) is 0 Å². The monoisotopic (exact) mass is 458 g/mol. The van der Waals surface area contributed by atoms with E-state index in [4.69, 9.17) is 19.8 Å². The Morgan fingerprint density at radius 3 is 1.77 bits per heavy atom. The van der Waals surface area contributed by atoms with Crippen LogP contribution in [0.2, 0.25) is 0 Å². The minimum atomic E-state index is -1.02. The Labute approximate surface area is 201 Å². The molecule has 7 heteroatoms. The molecule has 1 aromatic rings. The molecule has 5 heterocycles. The predicted molar refractivity (Wildman–Crippen MR) is 137 cm³/mol. The standard InChI is InChI=1S/C28H18N4O3/c33-28(34)16-35-25-9-1-17(2-10-25)26-14-24-13-22-6-5-20(30-22)11-18-3-4-19(29-18)12-21-7-8-23(31-21)15-27(26)32-24/h1-15H,16H2,(H,33,34). The zero-order chi connectivity index (χ0) is 23.8. The first-order valence-electron chi connectivity index (χ1n) is 11.0. The molecule has 0 fully saturated rings. The Morgan fingerprint density at radius 1 is 0.657 bits per heavy atom. The van der Waals surface area contributed by atoms with Crippen molar-refractivity contribution in [3.8, 4) is 5.75 Å². The maximum absolute atomic E-state index is 10.8. The number of ether oxygens (including phenoxy) is 1. The van der Waals surface area contributed by atoms with E-state index in [1.54, 1.807) is 12.1 Å². The second-order valence-corrected chi connectivity index (χ2v) is 8.15. The van der Waals surface area contributed by atoms with Crippen molar-refractivity contribution in [3.05, 3.63) is 119 Å². The van der Waals surface area contributed by atoms with Crippen molar-refractivity contribution in [3.63, 3.8) is 0 Å². The molecule has 0 spiro atoms. The number of allylic oxidation sites excluding steroid dienone is 12. The topological polar surface area (TPSA) is 96.0 Å². The SMILES string of the molecule is O=C(O)COc1ccc(C2=CC3=CC4=NC(=CC5=NC(=CC6=NC(=CC2=N3)C=C6)C=C5)C=C4)cc1. The van der Waals surface area contributed by atoms with Crippen molar-refractivity contribution in [2.75, 3.05) is 6.61 Å². The van der Waals surface area contributed by atoms with Gasteiger partial charge in [-0.3, -0.25) is 0 Å². The molecule has 0 saturated carbocycles. The lowest BCUT2D eigenvalue weighted by atomic mass is 10.0. The van der Waals surface area contributed by atoms with Crippen molar-refractivity contribution >= 4 is 34.4 Å². The van der Waals surface area contributed by atoms with Crippen LogP contribution in [0.3, 0.4) is 0 Å². The van der Waals surface area contributed by atoms with Crippen LogP contribution in [0.15, 0.2) is 134 Å². The number of rotatable bonds is 4. The van der Waals surface area contributed by atoms with Crippen LogP contribution in [0, 0.1) is 0 Å². The summed E-state index contributed by atoms with van der Waals surface area (Å²) in [5, 5.41) is 8.83. The average Bonchev–Trinajstić information content (AvgIpc) is 3.63. The van der Waals surface area contributed by atoms with Crippen LogP contribution >= 0.6 is 0 Å². The van der Waals surface area contributed by atoms with Crippen LogP contribution in [-0.4, -0.2) is 40.5 Å². The van der Waals surface area contributed by atoms with Gasteiger partial charge in [-0.2, -0.15) is 0 Å². The first-order chi connectivity index (χ1) is 17.1. The summed E-state index contributed by atoms with van der Waals surface area (Å²) in [6.45, 7) is -0.384. The molecule has 0 unspecified atom stereocenters. The van der Waals surface area contributed by atoms with Gasteiger partial charge in [0.25, 0.3) is 0 Å². The second-order valence-electron chi connectivity index (χ2n) is 8.15. The highest BCUT2D eigenvalue weighted by Gasteiger charge is 2.18. The van der Waals surface area contributed by atoms with E-state index in [1.807, 2.05) is 79.0 Å². The molecular weight excluding hydrogens is 440 g/mol. The van der Waals surface area contributed by atoms with Gasteiger partial charge >= 0.3 is 5.97 Å². The summed E-state index contributed by atoms with van der Waals surface area (Å²) in [5.41, 5.74) is 8.36. The number of carboxylic acid groups (broad SMARTS) is 1. The van der Waals surface area contributed by atoms with E-state index < -0.39 is 5.97 Å². The van der Waals surface area contributed by atoms with Crippen LogP contribution in [0.1, 0.15) is 5.56 Å². The van der Waals surface area contributed by atoms with Gasteiger partial charge in [0.15, 0.2) is 6.61 Å². The van der Waals surface area contributed by atoms with Gasteiger partial charge in [0, 0.05) is 5.57 Å².